The standard InChI is InChI=1S/C23H31NO6/c1-14(12-25)19-15(2)20(30-23(4,5)29-19)16(3)21(26)24-18(13-28-22(24)27)11-17-9-7-6-8-10-17/h6-10,12,14-16,18-20H,11,13H2,1-5H3/t14-,15-,16-,18-,19+,20+/m1/s1. The molecule has 1 aromatic carbocycles. The van der Waals surface area contributed by atoms with Gasteiger partial charge in [-0.05, 0) is 25.8 Å². The molecule has 2 saturated heterocycles. The van der Waals surface area contributed by atoms with Crippen LogP contribution < -0.4 is 0 Å². The Hall–Kier alpha value is -2.25. The van der Waals surface area contributed by atoms with E-state index in [0.29, 0.717) is 6.42 Å². The van der Waals surface area contributed by atoms with Gasteiger partial charge in [-0.15, -0.1) is 0 Å². The number of hydrogen-bond donors (Lipinski definition) is 0. The van der Waals surface area contributed by atoms with Crippen LogP contribution in [0.2, 0.25) is 0 Å². The number of imide groups is 1. The minimum absolute atomic E-state index is 0.173. The maximum atomic E-state index is 13.4. The minimum atomic E-state index is -0.942. The Balaban J connectivity index is 1.80. The molecule has 2 aliphatic heterocycles. The molecule has 0 saturated carbocycles. The van der Waals surface area contributed by atoms with Gasteiger partial charge in [0.15, 0.2) is 5.79 Å². The zero-order chi connectivity index (χ0) is 22.1. The van der Waals surface area contributed by atoms with Gasteiger partial charge in [-0.2, -0.15) is 0 Å². The molecule has 2 aliphatic rings. The summed E-state index contributed by atoms with van der Waals surface area (Å²) >= 11 is 0. The van der Waals surface area contributed by atoms with E-state index in [-0.39, 0.29) is 36.5 Å². The molecule has 6 atom stereocenters. The molecule has 7 nitrogen and oxygen atoms in total. The second-order valence-electron chi connectivity index (χ2n) is 8.84. The molecule has 3 rings (SSSR count). The molecule has 0 radical (unpaired) electrons. The maximum Gasteiger partial charge on any atom is 0.416 e. The third-order valence-electron chi connectivity index (χ3n) is 6.00. The average Bonchev–Trinajstić information content (AvgIpc) is 3.08. The molecule has 0 bridgehead atoms. The maximum absolute atomic E-state index is 13.4. The molecule has 0 aromatic heterocycles. The van der Waals surface area contributed by atoms with Crippen LogP contribution in [-0.4, -0.2) is 53.8 Å². The number of carbonyl (C=O) groups excluding carboxylic acids is 3. The summed E-state index contributed by atoms with van der Waals surface area (Å²) in [4.78, 5) is 38.4. The zero-order valence-corrected chi connectivity index (χ0v) is 18.2. The molecule has 1 aromatic rings. The molecular formula is C23H31NO6. The Morgan fingerprint density at radius 2 is 1.83 bits per heavy atom. The van der Waals surface area contributed by atoms with Crippen molar-refractivity contribution >= 4 is 18.3 Å². The van der Waals surface area contributed by atoms with Gasteiger partial charge in [-0.25, -0.2) is 9.69 Å². The summed E-state index contributed by atoms with van der Waals surface area (Å²) in [6.45, 7) is 9.20. The highest BCUT2D eigenvalue weighted by Crippen LogP contribution is 2.38. The van der Waals surface area contributed by atoms with Crippen LogP contribution in [0.4, 0.5) is 4.79 Å². The van der Waals surface area contributed by atoms with Gasteiger partial charge in [0.25, 0.3) is 0 Å². The van der Waals surface area contributed by atoms with Gasteiger partial charge < -0.3 is 19.0 Å². The molecule has 164 valence electrons. The highest BCUT2D eigenvalue weighted by atomic mass is 16.7. The van der Waals surface area contributed by atoms with Crippen LogP contribution in [0.25, 0.3) is 0 Å². The van der Waals surface area contributed by atoms with E-state index < -0.39 is 23.9 Å². The van der Waals surface area contributed by atoms with Crippen LogP contribution in [0.3, 0.4) is 0 Å². The van der Waals surface area contributed by atoms with E-state index in [4.69, 9.17) is 14.2 Å². The fourth-order valence-electron chi connectivity index (χ4n) is 4.43. The first kappa shape index (κ1) is 22.4. The Morgan fingerprint density at radius 3 is 2.47 bits per heavy atom. The Labute approximate surface area is 177 Å². The Kier molecular flexibility index (Phi) is 6.62. The molecule has 30 heavy (non-hydrogen) atoms. The van der Waals surface area contributed by atoms with Crippen molar-refractivity contribution in [1.82, 2.24) is 4.90 Å². The van der Waals surface area contributed by atoms with Gasteiger partial charge >= 0.3 is 6.09 Å². The fraction of sp³-hybridized carbons (Fsp3) is 0.609. The van der Waals surface area contributed by atoms with E-state index in [2.05, 4.69) is 0 Å². The normalized spacial score (nSPS) is 30.4. The van der Waals surface area contributed by atoms with Gasteiger partial charge in [0.05, 0.1) is 24.2 Å². The van der Waals surface area contributed by atoms with E-state index in [1.807, 2.05) is 37.3 Å². The van der Waals surface area contributed by atoms with Crippen LogP contribution in [-0.2, 0) is 30.2 Å². The number of rotatable bonds is 6. The molecule has 0 spiro atoms. The third-order valence-corrected chi connectivity index (χ3v) is 6.00. The number of ether oxygens (including phenoxy) is 3. The quantitative estimate of drug-likeness (QED) is 0.661. The molecule has 0 unspecified atom stereocenters. The monoisotopic (exact) mass is 417 g/mol. The lowest BCUT2D eigenvalue weighted by molar-refractivity contribution is -0.330. The van der Waals surface area contributed by atoms with Gasteiger partial charge in [0.2, 0.25) is 5.91 Å². The highest BCUT2D eigenvalue weighted by molar-refractivity contribution is 5.95. The molecule has 7 heteroatoms. The lowest BCUT2D eigenvalue weighted by Gasteiger charge is -2.48. The molecular weight excluding hydrogens is 386 g/mol. The lowest BCUT2D eigenvalue weighted by atomic mass is 9.82. The topological polar surface area (TPSA) is 82.1 Å². The van der Waals surface area contributed by atoms with E-state index >= 15 is 0 Å². The summed E-state index contributed by atoms with van der Waals surface area (Å²) in [6.07, 6.45) is -0.105. The first-order valence-electron chi connectivity index (χ1n) is 10.5. The van der Waals surface area contributed by atoms with Crippen LogP contribution in [0, 0.1) is 17.8 Å². The molecule has 2 heterocycles. The number of aldehydes is 1. The molecule has 0 N–H and O–H groups in total. The van der Waals surface area contributed by atoms with Crippen molar-refractivity contribution in [3.05, 3.63) is 35.9 Å². The van der Waals surface area contributed by atoms with Crippen molar-refractivity contribution in [2.45, 2.75) is 65.1 Å². The van der Waals surface area contributed by atoms with Crippen LogP contribution in [0.15, 0.2) is 30.3 Å². The number of carbonyl (C=O) groups is 3. The smallest absolute Gasteiger partial charge is 0.416 e. The Bertz CT molecular complexity index is 779. The van der Waals surface area contributed by atoms with Gasteiger partial charge in [0.1, 0.15) is 12.9 Å². The summed E-state index contributed by atoms with van der Waals surface area (Å²) in [5, 5.41) is 0. The van der Waals surface area contributed by atoms with Crippen molar-refractivity contribution in [3.63, 3.8) is 0 Å². The van der Waals surface area contributed by atoms with Crippen LogP contribution >= 0.6 is 0 Å². The second kappa shape index (κ2) is 8.86. The summed E-state index contributed by atoms with van der Waals surface area (Å²) in [5.41, 5.74) is 1.03. The van der Waals surface area contributed by atoms with E-state index in [1.54, 1.807) is 27.7 Å². The van der Waals surface area contributed by atoms with E-state index in [1.165, 1.54) is 4.90 Å². The number of amides is 2. The number of cyclic esters (lactones) is 1. The summed E-state index contributed by atoms with van der Waals surface area (Å²) in [6, 6.07) is 9.35. The first-order valence-corrected chi connectivity index (χ1v) is 10.5. The predicted molar refractivity (Wildman–Crippen MR) is 110 cm³/mol. The third kappa shape index (κ3) is 4.57. The average molecular weight is 418 g/mol. The van der Waals surface area contributed by atoms with Crippen molar-refractivity contribution in [1.29, 1.82) is 0 Å². The van der Waals surface area contributed by atoms with Crippen molar-refractivity contribution in [2.24, 2.45) is 17.8 Å². The van der Waals surface area contributed by atoms with Gasteiger partial charge in [0, 0.05) is 11.8 Å². The summed E-state index contributed by atoms with van der Waals surface area (Å²) < 4.78 is 17.3. The highest BCUT2D eigenvalue weighted by Gasteiger charge is 2.49. The summed E-state index contributed by atoms with van der Waals surface area (Å²) in [5.74, 6) is -2.42. The first-order chi connectivity index (χ1) is 14.1. The second-order valence-corrected chi connectivity index (χ2v) is 8.84. The van der Waals surface area contributed by atoms with E-state index in [9.17, 15) is 14.4 Å². The van der Waals surface area contributed by atoms with Crippen molar-refractivity contribution in [2.75, 3.05) is 6.61 Å². The molecule has 2 fully saturated rings. The zero-order valence-electron chi connectivity index (χ0n) is 18.2. The van der Waals surface area contributed by atoms with Crippen LogP contribution in [0.5, 0.6) is 0 Å². The number of hydrogen-bond acceptors (Lipinski definition) is 6. The lowest BCUT2D eigenvalue weighted by Crippen LogP contribution is -2.57. The number of benzene rings is 1. The van der Waals surface area contributed by atoms with Gasteiger partial charge in [-0.1, -0.05) is 51.1 Å². The van der Waals surface area contributed by atoms with Crippen molar-refractivity contribution in [3.8, 4) is 0 Å². The molecule has 0 aliphatic carbocycles. The largest absolute Gasteiger partial charge is 0.447 e. The SMILES string of the molecule is C[C@@H]1[C@H]([C@H](C)C=O)OC(C)(C)O[C@@H]1[C@@H](C)C(=O)N1C(=O)OC[C@H]1Cc1ccccc1. The van der Waals surface area contributed by atoms with E-state index in [0.717, 1.165) is 11.8 Å². The predicted octanol–water partition coefficient (Wildman–Crippen LogP) is 3.20. The van der Waals surface area contributed by atoms with Gasteiger partial charge in [-0.3, -0.25) is 4.79 Å². The minimum Gasteiger partial charge on any atom is -0.447 e. The fourth-order valence-corrected chi connectivity index (χ4v) is 4.43. The van der Waals surface area contributed by atoms with Crippen molar-refractivity contribution < 1.29 is 28.6 Å². The summed E-state index contributed by atoms with van der Waals surface area (Å²) in [7, 11) is 0. The number of nitrogens with zero attached hydrogens (tertiary/aromatic N) is 1. The Morgan fingerprint density at radius 1 is 1.20 bits per heavy atom. The van der Waals surface area contributed by atoms with Crippen LogP contribution in [0.1, 0.15) is 40.2 Å². The molecule has 2 amide bonds.